The Kier molecular flexibility index (Phi) is 5.33. The van der Waals surface area contributed by atoms with Crippen LogP contribution in [0.25, 0.3) is 0 Å². The van der Waals surface area contributed by atoms with Gasteiger partial charge < -0.3 is 4.74 Å². The third-order valence-corrected chi connectivity index (χ3v) is 2.91. The molecule has 5 heteroatoms. The second-order valence-corrected chi connectivity index (χ2v) is 4.11. The molecule has 90 valence electrons. The second-order valence-electron chi connectivity index (χ2n) is 3.37. The van der Waals surface area contributed by atoms with E-state index in [0.717, 1.165) is 0 Å². The van der Waals surface area contributed by atoms with Gasteiger partial charge in [0.15, 0.2) is 0 Å². The van der Waals surface area contributed by atoms with Crippen LogP contribution in [0.5, 0.6) is 0 Å². The number of carbonyl (C=O) groups is 1. The van der Waals surface area contributed by atoms with Gasteiger partial charge in [0.25, 0.3) is 0 Å². The zero-order chi connectivity index (χ0) is 12.8. The number of rotatable bonds is 4. The second kappa shape index (κ2) is 6.53. The van der Waals surface area contributed by atoms with E-state index in [1.54, 1.807) is 19.1 Å². The summed E-state index contributed by atoms with van der Waals surface area (Å²) in [5.41, 5.74) is 1.86. The zero-order valence-corrected chi connectivity index (χ0v) is 11.0. The number of alkyl halides is 1. The van der Waals surface area contributed by atoms with Gasteiger partial charge in [0, 0.05) is 10.8 Å². The maximum atomic E-state index is 11.4. The van der Waals surface area contributed by atoms with E-state index in [1.807, 2.05) is 6.07 Å². The lowest BCUT2D eigenvalue weighted by Crippen LogP contribution is -2.08. The van der Waals surface area contributed by atoms with Gasteiger partial charge in [-0.05, 0) is 30.2 Å². The van der Waals surface area contributed by atoms with Gasteiger partial charge in [0.2, 0.25) is 0 Å². The summed E-state index contributed by atoms with van der Waals surface area (Å²) < 4.78 is 4.85. The molecule has 0 spiro atoms. The molecule has 0 bridgehead atoms. The van der Waals surface area contributed by atoms with Gasteiger partial charge in [-0.1, -0.05) is 0 Å². The third kappa shape index (κ3) is 3.65. The molecule has 0 unspecified atom stereocenters. The molecule has 0 saturated heterocycles. The van der Waals surface area contributed by atoms with Crippen LogP contribution in [0.3, 0.4) is 0 Å². The Labute approximate surface area is 111 Å². The van der Waals surface area contributed by atoms with Crippen molar-refractivity contribution >= 4 is 30.2 Å². The summed E-state index contributed by atoms with van der Waals surface area (Å²) in [5, 5.41) is 8.95. The Morgan fingerprint density at radius 1 is 1.53 bits per heavy atom. The Balaban J connectivity index is 3.01. The molecular formula is C12H12ClNO2S. The van der Waals surface area contributed by atoms with Crippen molar-refractivity contribution in [1.82, 2.24) is 0 Å². The molecule has 0 radical (unpaired) electrons. The summed E-state index contributed by atoms with van der Waals surface area (Å²) in [6, 6.07) is 5.40. The van der Waals surface area contributed by atoms with Crippen molar-refractivity contribution in [3.63, 3.8) is 0 Å². The van der Waals surface area contributed by atoms with E-state index in [2.05, 4.69) is 12.6 Å². The van der Waals surface area contributed by atoms with Crippen LogP contribution in [0.1, 0.15) is 23.6 Å². The number of ether oxygens (including phenoxy) is 1. The average molecular weight is 270 g/mol. The highest BCUT2D eigenvalue weighted by molar-refractivity contribution is 7.80. The van der Waals surface area contributed by atoms with Crippen molar-refractivity contribution in [2.24, 2.45) is 0 Å². The molecular weight excluding hydrogens is 258 g/mol. The number of hydrogen-bond donors (Lipinski definition) is 1. The van der Waals surface area contributed by atoms with E-state index in [9.17, 15) is 4.79 Å². The molecule has 0 aromatic heterocycles. The number of esters is 1. The summed E-state index contributed by atoms with van der Waals surface area (Å²) in [6.45, 7) is 2.09. The van der Waals surface area contributed by atoms with Crippen LogP contribution in [0, 0.1) is 11.3 Å². The standard InChI is InChI=1S/C12H12ClNO2S/c1-2-16-12(15)5-8-3-10(7-14)9(6-13)4-11(8)17/h3-4,17H,2,5-6H2,1H3. The van der Waals surface area contributed by atoms with Gasteiger partial charge in [-0.15, -0.1) is 24.2 Å². The maximum Gasteiger partial charge on any atom is 0.310 e. The van der Waals surface area contributed by atoms with E-state index in [0.29, 0.717) is 28.2 Å². The molecule has 0 saturated carbocycles. The smallest absolute Gasteiger partial charge is 0.310 e. The fourth-order valence-electron chi connectivity index (χ4n) is 1.40. The van der Waals surface area contributed by atoms with Crippen molar-refractivity contribution in [2.45, 2.75) is 24.1 Å². The Morgan fingerprint density at radius 2 is 2.24 bits per heavy atom. The number of halogens is 1. The Bertz CT molecular complexity index is 468. The first kappa shape index (κ1) is 13.9. The summed E-state index contributed by atoms with van der Waals surface area (Å²) in [5.74, 6) is -0.0822. The van der Waals surface area contributed by atoms with Gasteiger partial charge in [0.1, 0.15) is 0 Å². The van der Waals surface area contributed by atoms with E-state index >= 15 is 0 Å². The normalized spacial score (nSPS) is 9.76. The molecule has 1 aromatic rings. The topological polar surface area (TPSA) is 50.1 Å². The predicted octanol–water partition coefficient (Wildman–Crippen LogP) is 2.69. The quantitative estimate of drug-likeness (QED) is 0.519. The fraction of sp³-hybridized carbons (Fsp3) is 0.333. The van der Waals surface area contributed by atoms with Gasteiger partial charge in [-0.25, -0.2) is 0 Å². The van der Waals surface area contributed by atoms with Crippen LogP contribution >= 0.6 is 24.2 Å². The van der Waals surface area contributed by atoms with Crippen LogP contribution in [-0.2, 0) is 21.8 Å². The van der Waals surface area contributed by atoms with Crippen molar-refractivity contribution in [3.8, 4) is 6.07 Å². The highest BCUT2D eigenvalue weighted by Crippen LogP contribution is 2.22. The summed E-state index contributed by atoms with van der Waals surface area (Å²) in [4.78, 5) is 12.0. The van der Waals surface area contributed by atoms with Crippen LogP contribution < -0.4 is 0 Å². The van der Waals surface area contributed by atoms with Crippen LogP contribution in [0.2, 0.25) is 0 Å². The lowest BCUT2D eigenvalue weighted by Gasteiger charge is -2.08. The summed E-state index contributed by atoms with van der Waals surface area (Å²) in [6.07, 6.45) is 0.115. The predicted molar refractivity (Wildman–Crippen MR) is 68.3 cm³/mol. The third-order valence-electron chi connectivity index (χ3n) is 2.21. The number of nitriles is 1. The zero-order valence-electron chi connectivity index (χ0n) is 9.36. The molecule has 0 fully saturated rings. The fourth-order valence-corrected chi connectivity index (χ4v) is 1.92. The van der Waals surface area contributed by atoms with E-state index < -0.39 is 0 Å². The van der Waals surface area contributed by atoms with Gasteiger partial charge >= 0.3 is 5.97 Å². The van der Waals surface area contributed by atoms with E-state index in [4.69, 9.17) is 21.6 Å². The van der Waals surface area contributed by atoms with Crippen LogP contribution in [0.15, 0.2) is 17.0 Å². The summed E-state index contributed by atoms with van der Waals surface area (Å²) >= 11 is 9.99. The molecule has 0 heterocycles. The molecule has 0 atom stereocenters. The van der Waals surface area contributed by atoms with Gasteiger partial charge in [0.05, 0.1) is 24.7 Å². The first-order valence-corrected chi connectivity index (χ1v) is 6.07. The first-order valence-electron chi connectivity index (χ1n) is 5.08. The minimum absolute atomic E-state index is 0.115. The van der Waals surface area contributed by atoms with Crippen LogP contribution in [0.4, 0.5) is 0 Å². The Morgan fingerprint density at radius 3 is 2.76 bits per heavy atom. The molecule has 0 aliphatic carbocycles. The molecule has 0 aliphatic heterocycles. The minimum Gasteiger partial charge on any atom is -0.466 e. The van der Waals surface area contributed by atoms with Gasteiger partial charge in [-0.2, -0.15) is 5.26 Å². The number of nitrogens with zero attached hydrogens (tertiary/aromatic N) is 1. The molecule has 3 nitrogen and oxygen atoms in total. The van der Waals surface area contributed by atoms with E-state index in [1.165, 1.54) is 0 Å². The van der Waals surface area contributed by atoms with Crippen LogP contribution in [-0.4, -0.2) is 12.6 Å². The highest BCUT2D eigenvalue weighted by atomic mass is 35.5. The molecule has 0 aliphatic rings. The summed E-state index contributed by atoms with van der Waals surface area (Å²) in [7, 11) is 0. The van der Waals surface area contributed by atoms with Crippen molar-refractivity contribution in [3.05, 3.63) is 28.8 Å². The first-order chi connectivity index (χ1) is 8.12. The molecule has 0 N–H and O–H groups in total. The lowest BCUT2D eigenvalue weighted by atomic mass is 10.0. The average Bonchev–Trinajstić information content (AvgIpc) is 2.31. The number of carbonyl (C=O) groups excluding carboxylic acids is 1. The Hall–Kier alpha value is -1.18. The SMILES string of the molecule is CCOC(=O)Cc1cc(C#N)c(CCl)cc1S. The number of hydrogen-bond acceptors (Lipinski definition) is 4. The molecule has 17 heavy (non-hydrogen) atoms. The number of benzene rings is 1. The minimum atomic E-state index is -0.328. The molecule has 1 aromatic carbocycles. The van der Waals surface area contributed by atoms with Crippen molar-refractivity contribution < 1.29 is 9.53 Å². The highest BCUT2D eigenvalue weighted by Gasteiger charge is 2.11. The van der Waals surface area contributed by atoms with Crippen molar-refractivity contribution in [2.75, 3.05) is 6.61 Å². The number of thiol groups is 1. The van der Waals surface area contributed by atoms with Gasteiger partial charge in [-0.3, -0.25) is 4.79 Å². The molecule has 0 amide bonds. The molecule has 1 rings (SSSR count). The maximum absolute atomic E-state index is 11.4. The van der Waals surface area contributed by atoms with E-state index in [-0.39, 0.29) is 18.3 Å². The lowest BCUT2D eigenvalue weighted by molar-refractivity contribution is -0.142. The monoisotopic (exact) mass is 269 g/mol. The van der Waals surface area contributed by atoms with Crippen molar-refractivity contribution in [1.29, 1.82) is 5.26 Å². The largest absolute Gasteiger partial charge is 0.466 e.